The summed E-state index contributed by atoms with van der Waals surface area (Å²) in [6.07, 6.45) is 0.140. The number of hydrogen-bond acceptors (Lipinski definition) is 7. The molecule has 0 fully saturated rings. The monoisotopic (exact) mass is 463 g/mol. The zero-order chi connectivity index (χ0) is 22.4. The van der Waals surface area contributed by atoms with E-state index in [0.29, 0.717) is 23.1 Å². The van der Waals surface area contributed by atoms with Crippen LogP contribution >= 0.6 is 23.1 Å². The maximum absolute atomic E-state index is 13.9. The normalized spacial score (nSPS) is 10.8. The third-order valence-electron chi connectivity index (χ3n) is 4.43. The van der Waals surface area contributed by atoms with Crippen LogP contribution in [0.5, 0.6) is 5.75 Å². The van der Waals surface area contributed by atoms with Gasteiger partial charge in [0.1, 0.15) is 0 Å². The zero-order valence-corrected chi connectivity index (χ0v) is 18.7. The molecule has 3 aromatic rings. The minimum atomic E-state index is -0.473. The number of thioether (sulfide) groups is 1. The van der Waals surface area contributed by atoms with Crippen LogP contribution in [0, 0.1) is 5.82 Å². The van der Waals surface area contributed by atoms with Gasteiger partial charge >= 0.3 is 0 Å². The molecule has 2 aromatic heterocycles. The van der Waals surface area contributed by atoms with Crippen molar-refractivity contribution in [1.29, 1.82) is 0 Å². The molecule has 0 unspecified atom stereocenters. The van der Waals surface area contributed by atoms with Crippen LogP contribution in [0.3, 0.4) is 0 Å². The van der Waals surface area contributed by atoms with E-state index in [4.69, 9.17) is 10.5 Å². The number of hydrogen-bond donors (Lipinski definition) is 1. The number of ether oxygens (including phenoxy) is 1. The van der Waals surface area contributed by atoms with Crippen molar-refractivity contribution in [2.24, 2.45) is 5.73 Å². The Balaban J connectivity index is 1.66. The molecule has 164 valence electrons. The Bertz CT molecular complexity index is 1060. The number of benzene rings is 1. The first-order valence-electron chi connectivity index (χ1n) is 9.33. The Morgan fingerprint density at radius 1 is 1.32 bits per heavy atom. The van der Waals surface area contributed by atoms with Crippen LogP contribution in [0.15, 0.2) is 40.9 Å². The molecule has 1 aromatic carbocycles. The number of nitrogens with two attached hydrogens (primary N) is 1. The minimum absolute atomic E-state index is 0.119. The second-order valence-electron chi connectivity index (χ2n) is 6.66. The van der Waals surface area contributed by atoms with Crippen LogP contribution in [0.1, 0.15) is 12.0 Å². The van der Waals surface area contributed by atoms with Gasteiger partial charge in [-0.05, 0) is 29.1 Å². The summed E-state index contributed by atoms with van der Waals surface area (Å²) in [6.45, 7) is 0.585. The lowest BCUT2D eigenvalue weighted by Crippen LogP contribution is -2.28. The third-order valence-corrected chi connectivity index (χ3v) is 6.24. The van der Waals surface area contributed by atoms with Crippen molar-refractivity contribution in [2.45, 2.75) is 24.7 Å². The quantitative estimate of drug-likeness (QED) is 0.464. The fraction of sp³-hybridized carbons (Fsp3) is 0.300. The summed E-state index contributed by atoms with van der Waals surface area (Å²) in [5.41, 5.74) is 5.96. The average Bonchev–Trinajstić information content (AvgIpc) is 3.40. The number of carbonyl (C=O) groups excluding carboxylic acids is 2. The smallest absolute Gasteiger partial charge is 0.233 e. The van der Waals surface area contributed by atoms with Crippen molar-refractivity contribution >= 4 is 34.9 Å². The van der Waals surface area contributed by atoms with E-state index in [-0.39, 0.29) is 30.4 Å². The number of thiophene rings is 1. The van der Waals surface area contributed by atoms with Crippen LogP contribution in [-0.2, 0) is 22.7 Å². The van der Waals surface area contributed by atoms with Crippen molar-refractivity contribution in [3.63, 3.8) is 0 Å². The van der Waals surface area contributed by atoms with Gasteiger partial charge in [0.2, 0.25) is 11.8 Å². The first-order chi connectivity index (χ1) is 14.9. The van der Waals surface area contributed by atoms with Gasteiger partial charge in [0.05, 0.1) is 17.7 Å². The molecular formula is C20H22FN5O3S2. The van der Waals surface area contributed by atoms with Gasteiger partial charge in [0.25, 0.3) is 0 Å². The van der Waals surface area contributed by atoms with Crippen LogP contribution in [0.2, 0.25) is 0 Å². The Morgan fingerprint density at radius 2 is 2.13 bits per heavy atom. The van der Waals surface area contributed by atoms with E-state index in [0.717, 1.165) is 4.88 Å². The number of rotatable bonds is 10. The van der Waals surface area contributed by atoms with E-state index in [1.807, 2.05) is 17.5 Å². The number of aromatic nitrogens is 3. The van der Waals surface area contributed by atoms with Crippen molar-refractivity contribution in [1.82, 2.24) is 19.7 Å². The molecule has 0 saturated heterocycles. The molecule has 0 atom stereocenters. The van der Waals surface area contributed by atoms with E-state index >= 15 is 0 Å². The molecule has 8 nitrogen and oxygen atoms in total. The summed E-state index contributed by atoms with van der Waals surface area (Å²) in [5, 5.41) is 10.9. The SMILES string of the molecule is COc1ccc(CN(C)C(=O)CSc2nnc(-c3cccs3)n2CCC(N)=O)cc1F. The molecule has 0 saturated carbocycles. The van der Waals surface area contributed by atoms with Gasteiger partial charge < -0.3 is 19.9 Å². The van der Waals surface area contributed by atoms with Gasteiger partial charge in [-0.1, -0.05) is 23.9 Å². The summed E-state index contributed by atoms with van der Waals surface area (Å²) in [7, 11) is 3.05. The van der Waals surface area contributed by atoms with Crippen LogP contribution in [0.25, 0.3) is 10.7 Å². The predicted molar refractivity (Wildman–Crippen MR) is 117 cm³/mol. The fourth-order valence-electron chi connectivity index (χ4n) is 2.81. The highest BCUT2D eigenvalue weighted by molar-refractivity contribution is 7.99. The number of methoxy groups -OCH3 is 1. The number of carbonyl (C=O) groups is 2. The van der Waals surface area contributed by atoms with Gasteiger partial charge in [-0.25, -0.2) is 4.39 Å². The second kappa shape index (κ2) is 10.4. The lowest BCUT2D eigenvalue weighted by Gasteiger charge is -2.17. The van der Waals surface area contributed by atoms with E-state index in [1.54, 1.807) is 17.7 Å². The molecule has 0 aliphatic heterocycles. The summed E-state index contributed by atoms with van der Waals surface area (Å²) < 4.78 is 20.6. The van der Waals surface area contributed by atoms with Gasteiger partial charge in [0, 0.05) is 26.6 Å². The summed E-state index contributed by atoms with van der Waals surface area (Å²) in [5.74, 6) is -0.140. The topological polar surface area (TPSA) is 103 Å². The Kier molecular flexibility index (Phi) is 7.64. The number of nitrogens with zero attached hydrogens (tertiary/aromatic N) is 4. The van der Waals surface area contributed by atoms with Crippen molar-refractivity contribution in [3.05, 3.63) is 47.1 Å². The van der Waals surface area contributed by atoms with E-state index in [1.165, 1.54) is 47.2 Å². The standard InChI is InChI=1S/C20H22FN5O3S2/c1-25(11-13-5-6-15(29-2)14(21)10-13)18(28)12-31-20-24-23-19(16-4-3-9-30-16)26(20)8-7-17(22)27/h3-6,9-10H,7-8,11-12H2,1-2H3,(H2,22,27). The predicted octanol–water partition coefficient (Wildman–Crippen LogP) is 2.78. The zero-order valence-electron chi connectivity index (χ0n) is 17.1. The molecule has 2 N–H and O–H groups in total. The van der Waals surface area contributed by atoms with E-state index in [2.05, 4.69) is 10.2 Å². The summed E-state index contributed by atoms with van der Waals surface area (Å²) >= 11 is 2.74. The Hall–Kier alpha value is -2.92. The highest BCUT2D eigenvalue weighted by Crippen LogP contribution is 2.28. The number of amides is 2. The average molecular weight is 464 g/mol. The van der Waals surface area contributed by atoms with E-state index in [9.17, 15) is 14.0 Å². The molecule has 31 heavy (non-hydrogen) atoms. The highest BCUT2D eigenvalue weighted by atomic mass is 32.2. The molecule has 3 rings (SSSR count). The van der Waals surface area contributed by atoms with Crippen molar-refractivity contribution in [3.8, 4) is 16.5 Å². The lowest BCUT2D eigenvalue weighted by molar-refractivity contribution is -0.127. The molecule has 11 heteroatoms. The lowest BCUT2D eigenvalue weighted by atomic mass is 10.2. The Labute approximate surface area is 187 Å². The number of halogens is 1. The highest BCUT2D eigenvalue weighted by Gasteiger charge is 2.18. The molecule has 0 spiro atoms. The molecular weight excluding hydrogens is 441 g/mol. The van der Waals surface area contributed by atoms with Crippen LogP contribution in [0.4, 0.5) is 4.39 Å². The van der Waals surface area contributed by atoms with Crippen molar-refractivity contribution < 1.29 is 18.7 Å². The molecule has 0 radical (unpaired) electrons. The second-order valence-corrected chi connectivity index (χ2v) is 8.55. The number of primary amides is 1. The molecule has 0 bridgehead atoms. The maximum Gasteiger partial charge on any atom is 0.233 e. The summed E-state index contributed by atoms with van der Waals surface area (Å²) in [4.78, 5) is 26.3. The minimum Gasteiger partial charge on any atom is -0.494 e. The van der Waals surface area contributed by atoms with Crippen LogP contribution in [-0.4, -0.2) is 51.4 Å². The Morgan fingerprint density at radius 3 is 2.77 bits per heavy atom. The third kappa shape index (κ3) is 5.82. The van der Waals surface area contributed by atoms with Crippen molar-refractivity contribution in [2.75, 3.05) is 19.9 Å². The van der Waals surface area contributed by atoms with Gasteiger partial charge in [0.15, 0.2) is 22.5 Å². The first kappa shape index (κ1) is 22.8. The molecule has 2 heterocycles. The van der Waals surface area contributed by atoms with Crippen LogP contribution < -0.4 is 10.5 Å². The van der Waals surface area contributed by atoms with Gasteiger partial charge in [-0.15, -0.1) is 21.5 Å². The molecule has 2 amide bonds. The maximum atomic E-state index is 13.9. The first-order valence-corrected chi connectivity index (χ1v) is 11.2. The largest absolute Gasteiger partial charge is 0.494 e. The fourth-order valence-corrected chi connectivity index (χ4v) is 4.44. The van der Waals surface area contributed by atoms with Gasteiger partial charge in [-0.2, -0.15) is 0 Å². The van der Waals surface area contributed by atoms with Gasteiger partial charge in [-0.3, -0.25) is 9.59 Å². The van der Waals surface area contributed by atoms with E-state index < -0.39 is 11.7 Å². The molecule has 0 aliphatic carbocycles. The molecule has 0 aliphatic rings. The summed E-state index contributed by atoms with van der Waals surface area (Å²) in [6, 6.07) is 8.42.